The summed E-state index contributed by atoms with van der Waals surface area (Å²) in [7, 11) is 0. The number of phenols is 1. The molecule has 0 aliphatic carbocycles. The van der Waals surface area contributed by atoms with Crippen LogP contribution in [0.4, 0.5) is 0 Å². The van der Waals surface area contributed by atoms with E-state index >= 15 is 0 Å². The zero-order chi connectivity index (χ0) is 17.8. The quantitative estimate of drug-likeness (QED) is 0.652. The smallest absolute Gasteiger partial charge is 0.328 e. The van der Waals surface area contributed by atoms with Crippen LogP contribution in [0, 0.1) is 6.92 Å². The van der Waals surface area contributed by atoms with E-state index in [-0.39, 0.29) is 5.75 Å². The maximum absolute atomic E-state index is 10.7. The standard InChI is InChI=1S/C22H18O3/c1-15-7-10-18(17-5-3-2-4-6-17)14-19(15)20-13-16(8-11-21(20)23)9-12-22(24)25/h2-14,23H,1H3,(H,24,25)/b12-9+. The second kappa shape index (κ2) is 7.05. The monoisotopic (exact) mass is 330 g/mol. The molecule has 0 aliphatic heterocycles. The van der Waals surface area contributed by atoms with E-state index in [0.717, 1.165) is 33.9 Å². The summed E-state index contributed by atoms with van der Waals surface area (Å²) < 4.78 is 0. The van der Waals surface area contributed by atoms with Crippen LogP contribution >= 0.6 is 0 Å². The average Bonchev–Trinajstić information content (AvgIpc) is 2.62. The molecule has 0 fully saturated rings. The number of carbonyl (C=O) groups is 1. The largest absolute Gasteiger partial charge is 0.507 e. The Hall–Kier alpha value is -3.33. The van der Waals surface area contributed by atoms with Gasteiger partial charge in [-0.05, 0) is 59.0 Å². The Kier molecular flexibility index (Phi) is 4.66. The lowest BCUT2D eigenvalue weighted by Gasteiger charge is -2.12. The van der Waals surface area contributed by atoms with Crippen molar-refractivity contribution in [3.05, 3.63) is 83.9 Å². The van der Waals surface area contributed by atoms with Crippen molar-refractivity contribution in [2.75, 3.05) is 0 Å². The van der Waals surface area contributed by atoms with Gasteiger partial charge in [-0.15, -0.1) is 0 Å². The van der Waals surface area contributed by atoms with Gasteiger partial charge < -0.3 is 10.2 Å². The molecular formula is C22H18O3. The zero-order valence-corrected chi connectivity index (χ0v) is 13.8. The van der Waals surface area contributed by atoms with Crippen LogP contribution in [0.15, 0.2) is 72.8 Å². The third kappa shape index (κ3) is 3.78. The summed E-state index contributed by atoms with van der Waals surface area (Å²) in [6, 6.07) is 21.2. The number of aliphatic carboxylic acids is 1. The lowest BCUT2D eigenvalue weighted by Crippen LogP contribution is -1.89. The summed E-state index contributed by atoms with van der Waals surface area (Å²) in [5.74, 6) is -0.835. The second-order valence-corrected chi connectivity index (χ2v) is 5.84. The van der Waals surface area contributed by atoms with Crippen LogP contribution < -0.4 is 0 Å². The summed E-state index contributed by atoms with van der Waals surface area (Å²) in [4.78, 5) is 10.7. The maximum atomic E-state index is 10.7. The highest BCUT2D eigenvalue weighted by molar-refractivity contribution is 5.86. The predicted octanol–water partition coefficient (Wildman–Crippen LogP) is 5.13. The highest BCUT2D eigenvalue weighted by Gasteiger charge is 2.10. The fourth-order valence-electron chi connectivity index (χ4n) is 2.76. The molecule has 0 aliphatic rings. The molecule has 25 heavy (non-hydrogen) atoms. The maximum Gasteiger partial charge on any atom is 0.328 e. The molecule has 2 N–H and O–H groups in total. The molecule has 3 aromatic rings. The predicted molar refractivity (Wildman–Crippen MR) is 100 cm³/mol. The van der Waals surface area contributed by atoms with Crippen molar-refractivity contribution >= 4 is 12.0 Å². The van der Waals surface area contributed by atoms with Crippen molar-refractivity contribution in [2.24, 2.45) is 0 Å². The minimum Gasteiger partial charge on any atom is -0.507 e. The van der Waals surface area contributed by atoms with Crippen molar-refractivity contribution in [1.82, 2.24) is 0 Å². The number of phenolic OH excluding ortho intramolecular Hbond substituents is 1. The van der Waals surface area contributed by atoms with E-state index in [0.29, 0.717) is 5.56 Å². The Morgan fingerprint density at radius 2 is 1.64 bits per heavy atom. The van der Waals surface area contributed by atoms with Gasteiger partial charge in [0.25, 0.3) is 0 Å². The first-order chi connectivity index (χ1) is 12.0. The highest BCUT2D eigenvalue weighted by Crippen LogP contribution is 2.35. The van der Waals surface area contributed by atoms with E-state index in [1.54, 1.807) is 18.2 Å². The summed E-state index contributed by atoms with van der Waals surface area (Å²) in [6.45, 7) is 1.99. The Bertz CT molecular complexity index is 941. The molecule has 3 nitrogen and oxygen atoms in total. The van der Waals surface area contributed by atoms with Crippen LogP contribution in [-0.4, -0.2) is 16.2 Å². The second-order valence-electron chi connectivity index (χ2n) is 5.84. The lowest BCUT2D eigenvalue weighted by molar-refractivity contribution is -0.131. The normalized spacial score (nSPS) is 10.9. The Morgan fingerprint density at radius 3 is 2.36 bits per heavy atom. The first-order valence-corrected chi connectivity index (χ1v) is 7.95. The average molecular weight is 330 g/mol. The van der Waals surface area contributed by atoms with Crippen LogP contribution in [0.3, 0.4) is 0 Å². The molecule has 0 heterocycles. The van der Waals surface area contributed by atoms with E-state index in [1.165, 1.54) is 6.08 Å². The van der Waals surface area contributed by atoms with E-state index in [4.69, 9.17) is 5.11 Å². The summed E-state index contributed by atoms with van der Waals surface area (Å²) in [5.41, 5.74) is 5.53. The van der Waals surface area contributed by atoms with Crippen molar-refractivity contribution in [1.29, 1.82) is 0 Å². The van der Waals surface area contributed by atoms with Gasteiger partial charge in [0, 0.05) is 11.6 Å². The third-order valence-corrected chi connectivity index (χ3v) is 4.07. The summed E-state index contributed by atoms with van der Waals surface area (Å²) in [6.07, 6.45) is 2.60. The molecule has 0 unspecified atom stereocenters. The number of hydrogen-bond donors (Lipinski definition) is 2. The number of benzene rings is 3. The summed E-state index contributed by atoms with van der Waals surface area (Å²) in [5, 5.41) is 19.1. The van der Waals surface area contributed by atoms with Gasteiger partial charge >= 0.3 is 5.97 Å². The molecule has 124 valence electrons. The molecule has 3 aromatic carbocycles. The van der Waals surface area contributed by atoms with Gasteiger partial charge in [0.15, 0.2) is 0 Å². The zero-order valence-electron chi connectivity index (χ0n) is 13.8. The molecule has 3 rings (SSSR count). The van der Waals surface area contributed by atoms with Gasteiger partial charge in [0.1, 0.15) is 5.75 Å². The number of rotatable bonds is 4. The van der Waals surface area contributed by atoms with Crippen LogP contribution in [0.1, 0.15) is 11.1 Å². The van der Waals surface area contributed by atoms with Crippen molar-refractivity contribution in [3.8, 4) is 28.0 Å². The SMILES string of the molecule is Cc1ccc(-c2ccccc2)cc1-c1cc(/C=C/C(=O)O)ccc1O. The third-order valence-electron chi connectivity index (χ3n) is 4.07. The molecule has 0 saturated heterocycles. The summed E-state index contributed by atoms with van der Waals surface area (Å²) >= 11 is 0. The van der Waals surface area contributed by atoms with Crippen LogP contribution in [-0.2, 0) is 4.79 Å². The van der Waals surface area contributed by atoms with Gasteiger partial charge in [-0.25, -0.2) is 4.79 Å². The molecular weight excluding hydrogens is 312 g/mol. The van der Waals surface area contributed by atoms with Crippen LogP contribution in [0.25, 0.3) is 28.3 Å². The molecule has 0 amide bonds. The fourth-order valence-corrected chi connectivity index (χ4v) is 2.76. The first kappa shape index (κ1) is 16.5. The molecule has 0 aromatic heterocycles. The molecule has 0 atom stereocenters. The van der Waals surface area contributed by atoms with Crippen molar-refractivity contribution in [2.45, 2.75) is 6.92 Å². The molecule has 3 heteroatoms. The highest BCUT2D eigenvalue weighted by atomic mass is 16.4. The van der Waals surface area contributed by atoms with Crippen LogP contribution in [0.2, 0.25) is 0 Å². The van der Waals surface area contributed by atoms with Gasteiger partial charge in [-0.1, -0.05) is 48.5 Å². The van der Waals surface area contributed by atoms with Gasteiger partial charge in [-0.2, -0.15) is 0 Å². The molecule has 0 spiro atoms. The topological polar surface area (TPSA) is 57.5 Å². The number of carboxylic acids is 1. The number of aryl methyl sites for hydroxylation is 1. The van der Waals surface area contributed by atoms with Crippen molar-refractivity contribution in [3.63, 3.8) is 0 Å². The van der Waals surface area contributed by atoms with Crippen LogP contribution in [0.5, 0.6) is 5.75 Å². The lowest BCUT2D eigenvalue weighted by atomic mass is 9.93. The number of hydrogen-bond acceptors (Lipinski definition) is 2. The van der Waals surface area contributed by atoms with E-state index < -0.39 is 5.97 Å². The number of carboxylic acid groups (broad SMARTS) is 1. The Labute approximate surface area is 146 Å². The minimum atomic E-state index is -1.00. The molecule has 0 bridgehead atoms. The Morgan fingerprint density at radius 1 is 0.880 bits per heavy atom. The van der Waals surface area contributed by atoms with E-state index in [2.05, 4.69) is 6.07 Å². The van der Waals surface area contributed by atoms with Gasteiger partial charge in [0.2, 0.25) is 0 Å². The molecule has 0 saturated carbocycles. The van der Waals surface area contributed by atoms with Gasteiger partial charge in [0.05, 0.1) is 0 Å². The first-order valence-electron chi connectivity index (χ1n) is 7.95. The fraction of sp³-hybridized carbons (Fsp3) is 0.0455. The van der Waals surface area contributed by atoms with Crippen molar-refractivity contribution < 1.29 is 15.0 Å². The van der Waals surface area contributed by atoms with Gasteiger partial charge in [-0.3, -0.25) is 0 Å². The Balaban J connectivity index is 2.10. The molecule has 0 radical (unpaired) electrons. The number of aromatic hydroxyl groups is 1. The van der Waals surface area contributed by atoms with E-state index in [9.17, 15) is 9.90 Å². The minimum absolute atomic E-state index is 0.167. The van der Waals surface area contributed by atoms with E-state index in [1.807, 2.05) is 49.4 Å².